The zero-order valence-electron chi connectivity index (χ0n) is 37.0. The first-order valence-corrected chi connectivity index (χ1v) is 25.7. The number of amides is 1. The largest absolute Gasteiger partial charge is 0.508 e. The van der Waals surface area contributed by atoms with Crippen molar-refractivity contribution in [1.82, 2.24) is 0 Å². The summed E-state index contributed by atoms with van der Waals surface area (Å²) >= 11 is 0. The molecule has 14 heteroatoms. The molecule has 5 aliphatic carbocycles. The second-order valence-electron chi connectivity index (χ2n) is 21.9. The van der Waals surface area contributed by atoms with Crippen molar-refractivity contribution in [2.45, 2.75) is 152 Å². The molecule has 1 aromatic carbocycles. The summed E-state index contributed by atoms with van der Waals surface area (Å²) in [4.78, 5) is 32.0. The molecule has 2 saturated heterocycles. The van der Waals surface area contributed by atoms with Gasteiger partial charge in [0, 0.05) is 36.1 Å². The smallest absolute Gasteiger partial charge is 0.233 e. The number of rotatable bonds is 6. The van der Waals surface area contributed by atoms with Crippen molar-refractivity contribution >= 4 is 39.0 Å². The number of nitrogens with zero attached hydrogens (tertiary/aromatic N) is 1. The van der Waals surface area contributed by atoms with Crippen LogP contribution in [0.1, 0.15) is 111 Å². The van der Waals surface area contributed by atoms with Gasteiger partial charge in [-0.3, -0.25) is 9.59 Å². The van der Waals surface area contributed by atoms with Crippen LogP contribution in [0.4, 0.5) is 5.69 Å². The van der Waals surface area contributed by atoms with Gasteiger partial charge >= 0.3 is 0 Å². The molecule has 12 nitrogen and oxygen atoms in total. The number of fused-ring (bicyclic) bond motifs is 2. The number of aryl methyl sites for hydroxylation is 1. The van der Waals surface area contributed by atoms with E-state index < -0.39 is 80.3 Å². The van der Waals surface area contributed by atoms with Crippen molar-refractivity contribution < 1.29 is 55.2 Å². The Balaban J connectivity index is 1.21. The summed E-state index contributed by atoms with van der Waals surface area (Å²) in [5.74, 6) is -0.939. The number of aromatic hydroxyl groups is 1. The molecule has 5 heterocycles. The van der Waals surface area contributed by atoms with E-state index in [1.807, 2.05) is 19.9 Å². The summed E-state index contributed by atoms with van der Waals surface area (Å²) in [5, 5.41) is 95.4. The van der Waals surface area contributed by atoms with Crippen molar-refractivity contribution in [3.05, 3.63) is 35.4 Å². The molecule has 16 unspecified atom stereocenters. The number of hydrogen-bond acceptors (Lipinski definition) is 13. The van der Waals surface area contributed by atoms with Gasteiger partial charge in [0.15, 0.2) is 5.78 Å². The molecule has 1 aromatic rings. The normalized spacial score (nSPS) is 46.9. The zero-order chi connectivity index (χ0) is 44.6. The molecular weight excluding hydrogens is 831 g/mol. The fraction of sp³-hybridized carbons (Fsp3) is 0.792. The standard InChI is InChI=1S/C48H69NO11S2/c1-26(2)27(3)38-39(60-38)43(5,57)35-11-14-48(59)34-20-36(53)47-21-37(54)45(58,25-51)24-42(47,4)33(34)10-13-44(35,48)12-9-28-17-31(19-32(52)18-28)49-16-15-46(40(49)55)29(22-50)7-6-8-30(46)23-61-62-41(47)56/h17-20,26-27,29-30,33,35,37-39,41,50-52,54,56-59H,6-16,21-25H2,1-5H3. The van der Waals surface area contributed by atoms with E-state index in [1.165, 1.54) is 16.9 Å². The SMILES string of the molecule is CC(C)C(C)C1OC1C(C)(O)C1CCC2(O)C3=CC(=O)C45CC(O)C(O)(CO)CC4(C)C3CCC12CCc1cc(O)cc(c1)N1CCC2(C1=O)C(CO)CCCC2CSSC5O. The zero-order valence-corrected chi connectivity index (χ0v) is 38.6. The van der Waals surface area contributed by atoms with Crippen molar-refractivity contribution in [3.8, 4) is 5.75 Å². The molecule has 1 amide bonds. The predicted molar refractivity (Wildman–Crippen MR) is 237 cm³/mol. The molecule has 8 N–H and O–H groups in total. The lowest BCUT2D eigenvalue weighted by Gasteiger charge is -2.66. The van der Waals surface area contributed by atoms with Crippen LogP contribution in [0.15, 0.2) is 29.8 Å². The van der Waals surface area contributed by atoms with Crippen LogP contribution >= 0.6 is 21.6 Å². The predicted octanol–water partition coefficient (Wildman–Crippen LogP) is 4.90. The Morgan fingerprint density at radius 2 is 1.76 bits per heavy atom. The lowest BCUT2D eigenvalue weighted by Crippen LogP contribution is -2.71. The molecule has 6 fully saturated rings. The van der Waals surface area contributed by atoms with Crippen molar-refractivity contribution in [3.63, 3.8) is 0 Å². The molecular formula is C48H69NO11S2. The Hall–Kier alpha value is -1.72. The molecule has 62 heavy (non-hydrogen) atoms. The maximum absolute atomic E-state index is 15.3. The third kappa shape index (κ3) is 6.15. The molecule has 4 saturated carbocycles. The molecule has 11 rings (SSSR count). The highest BCUT2D eigenvalue weighted by Gasteiger charge is 2.76. The van der Waals surface area contributed by atoms with Gasteiger partial charge in [-0.05, 0) is 148 Å². The molecule has 0 aromatic heterocycles. The number of aliphatic hydroxyl groups is 7. The third-order valence-corrected chi connectivity index (χ3v) is 21.8. The van der Waals surface area contributed by atoms with Gasteiger partial charge in [0.25, 0.3) is 0 Å². The number of phenolic OH excluding ortho intramolecular Hbond substituents is 1. The van der Waals surface area contributed by atoms with Gasteiger partial charge in [-0.2, -0.15) is 0 Å². The van der Waals surface area contributed by atoms with Crippen LogP contribution in [0.25, 0.3) is 0 Å². The highest BCUT2D eigenvalue weighted by molar-refractivity contribution is 8.76. The maximum atomic E-state index is 15.3. The quantitative estimate of drug-likeness (QED) is 0.141. The van der Waals surface area contributed by atoms with E-state index in [2.05, 4.69) is 20.8 Å². The van der Waals surface area contributed by atoms with Crippen LogP contribution < -0.4 is 4.90 Å². The van der Waals surface area contributed by atoms with Crippen LogP contribution in [0, 0.1) is 57.2 Å². The fourth-order valence-corrected chi connectivity index (χ4v) is 18.4. The van der Waals surface area contributed by atoms with Gasteiger partial charge in [0.05, 0.1) is 40.8 Å². The van der Waals surface area contributed by atoms with Crippen molar-refractivity contribution in [2.75, 3.05) is 30.4 Å². The lowest BCUT2D eigenvalue weighted by molar-refractivity contribution is -0.231. The van der Waals surface area contributed by atoms with Crippen molar-refractivity contribution in [1.29, 1.82) is 0 Å². The maximum Gasteiger partial charge on any atom is 0.233 e. The molecule has 3 spiro atoms. The number of benzene rings is 1. The first-order chi connectivity index (χ1) is 29.2. The average Bonchev–Trinajstić information content (AvgIpc) is 3.89. The number of allylic oxidation sites excluding steroid dienone is 1. The summed E-state index contributed by atoms with van der Waals surface area (Å²) in [6.45, 7) is 9.65. The Bertz CT molecular complexity index is 2000. The van der Waals surface area contributed by atoms with Gasteiger partial charge in [-0.25, -0.2) is 0 Å². The van der Waals surface area contributed by atoms with Gasteiger partial charge in [-0.15, -0.1) is 0 Å². The van der Waals surface area contributed by atoms with Crippen molar-refractivity contribution in [2.24, 2.45) is 57.2 Å². The topological polar surface area (TPSA) is 212 Å². The number of anilines is 1. The number of aliphatic hydroxyl groups excluding tert-OH is 4. The molecule has 5 aliphatic heterocycles. The molecule has 10 aliphatic rings. The molecule has 344 valence electrons. The minimum Gasteiger partial charge on any atom is -0.508 e. The Kier molecular flexibility index (Phi) is 11.3. The first kappa shape index (κ1) is 45.4. The monoisotopic (exact) mass is 899 g/mol. The highest BCUT2D eigenvalue weighted by Crippen LogP contribution is 2.74. The minimum atomic E-state index is -1.96. The Morgan fingerprint density at radius 3 is 2.47 bits per heavy atom. The van der Waals surface area contributed by atoms with Gasteiger partial charge in [0.2, 0.25) is 5.91 Å². The average molecular weight is 900 g/mol. The molecule has 0 radical (unpaired) electrons. The second kappa shape index (κ2) is 15.4. The van der Waals surface area contributed by atoms with Gasteiger partial charge in [-0.1, -0.05) is 55.7 Å². The first-order valence-electron chi connectivity index (χ1n) is 23.3. The van der Waals surface area contributed by atoms with Crippen LogP contribution in [-0.2, 0) is 20.7 Å². The van der Waals surface area contributed by atoms with E-state index in [4.69, 9.17) is 4.74 Å². The summed E-state index contributed by atoms with van der Waals surface area (Å²) in [6.07, 6.45) is 4.08. The number of ether oxygens (including phenoxy) is 1. The van der Waals surface area contributed by atoms with E-state index in [1.54, 1.807) is 17.0 Å². The summed E-state index contributed by atoms with van der Waals surface area (Å²) < 4.78 is 6.33. The number of carbonyl (C=O) groups is 2. The van der Waals surface area contributed by atoms with E-state index in [9.17, 15) is 45.6 Å². The fourth-order valence-electron chi connectivity index (χ4n) is 15.3. The Labute approximate surface area is 373 Å². The van der Waals surface area contributed by atoms with Crippen LogP contribution in [0.5, 0.6) is 5.75 Å². The molecule has 16 atom stereocenters. The number of epoxide rings is 1. The summed E-state index contributed by atoms with van der Waals surface area (Å²) in [7, 11) is 2.53. The highest BCUT2D eigenvalue weighted by atomic mass is 33.1. The number of carbonyl (C=O) groups excluding carboxylic acids is 2. The number of hydrogen-bond donors (Lipinski definition) is 8. The van der Waals surface area contributed by atoms with Crippen LogP contribution in [-0.4, -0.2) is 119 Å². The van der Waals surface area contributed by atoms with Crippen LogP contribution in [0.3, 0.4) is 0 Å². The van der Waals surface area contributed by atoms with Gasteiger partial charge < -0.3 is 50.5 Å². The van der Waals surface area contributed by atoms with E-state index in [0.717, 1.165) is 29.2 Å². The van der Waals surface area contributed by atoms with E-state index >= 15 is 4.79 Å². The Morgan fingerprint density at radius 1 is 1.00 bits per heavy atom. The molecule has 8 bridgehead atoms. The number of ketones is 1. The second-order valence-corrected chi connectivity index (χ2v) is 24.4. The van der Waals surface area contributed by atoms with Crippen LogP contribution in [0.2, 0.25) is 0 Å². The minimum absolute atomic E-state index is 0.0148. The summed E-state index contributed by atoms with van der Waals surface area (Å²) in [6, 6.07) is 5.28. The third-order valence-electron chi connectivity index (χ3n) is 19.2. The summed E-state index contributed by atoms with van der Waals surface area (Å²) in [5.41, 5.74) is -9.07. The lowest BCUT2D eigenvalue weighted by atomic mass is 9.39. The van der Waals surface area contributed by atoms with Gasteiger partial charge in [0.1, 0.15) is 22.9 Å². The number of phenols is 1. The van der Waals surface area contributed by atoms with E-state index in [0.29, 0.717) is 74.4 Å². The van der Waals surface area contributed by atoms with E-state index in [-0.39, 0.29) is 61.4 Å².